The number of ether oxygens (including phenoxy) is 1. The molecule has 0 radical (unpaired) electrons. The second kappa shape index (κ2) is 11.2. The van der Waals surface area contributed by atoms with E-state index in [1.165, 1.54) is 12.8 Å². The maximum absolute atomic E-state index is 5.55. The number of hydrogen-bond acceptors (Lipinski definition) is 8. The smallest absolute Gasteiger partial charge is 0.208 e. The van der Waals surface area contributed by atoms with Crippen LogP contribution >= 0.6 is 0 Å². The Morgan fingerprint density at radius 2 is 1.68 bits per heavy atom. The number of hydrogen-bond donors (Lipinski definition) is 1. The van der Waals surface area contributed by atoms with Crippen LogP contribution in [-0.2, 0) is 4.74 Å². The molecule has 0 aliphatic carbocycles. The zero-order valence-corrected chi connectivity index (χ0v) is 22.0. The number of fused-ring (bicyclic) bond motifs is 1. The summed E-state index contributed by atoms with van der Waals surface area (Å²) >= 11 is 0. The molecule has 0 amide bonds. The van der Waals surface area contributed by atoms with Gasteiger partial charge in [0.1, 0.15) is 6.33 Å². The van der Waals surface area contributed by atoms with E-state index >= 15 is 0 Å². The molecule has 2 saturated heterocycles. The molecule has 1 N–H and O–H groups in total. The topological polar surface area (TPSA) is 74.6 Å². The third kappa shape index (κ3) is 5.47. The molecule has 0 bridgehead atoms. The molecule has 2 aromatic rings. The number of piperidine rings is 1. The van der Waals surface area contributed by atoms with Gasteiger partial charge in [0.25, 0.3) is 0 Å². The van der Waals surface area contributed by atoms with Crippen molar-refractivity contribution in [3.8, 4) is 0 Å². The lowest BCUT2D eigenvalue weighted by molar-refractivity contribution is 0.0114. The highest BCUT2D eigenvalue weighted by molar-refractivity contribution is 5.85. The van der Waals surface area contributed by atoms with E-state index in [2.05, 4.69) is 76.1 Å². The summed E-state index contributed by atoms with van der Waals surface area (Å²) in [6, 6.07) is 1.95. The molecule has 0 saturated carbocycles. The number of imidazole rings is 1. The summed E-state index contributed by atoms with van der Waals surface area (Å²) in [5.74, 6) is 1.86. The Morgan fingerprint density at radius 3 is 2.29 bits per heavy atom. The van der Waals surface area contributed by atoms with Crippen LogP contribution in [0.1, 0.15) is 60.4 Å². The Bertz CT molecular complexity index is 905. The van der Waals surface area contributed by atoms with E-state index in [1.54, 1.807) is 6.33 Å². The van der Waals surface area contributed by atoms with E-state index in [4.69, 9.17) is 9.72 Å². The Labute approximate surface area is 204 Å². The first-order valence-electron chi connectivity index (χ1n) is 13.2. The van der Waals surface area contributed by atoms with Crippen molar-refractivity contribution in [2.24, 2.45) is 0 Å². The molecule has 4 heterocycles. The fourth-order valence-electron chi connectivity index (χ4n) is 5.51. The van der Waals surface area contributed by atoms with Crippen molar-refractivity contribution in [2.45, 2.75) is 78.6 Å². The molecule has 0 atom stereocenters. The number of nitrogens with one attached hydrogen (secondary N) is 1. The molecule has 2 fully saturated rings. The number of morpholine rings is 1. The van der Waals surface area contributed by atoms with E-state index in [9.17, 15) is 0 Å². The van der Waals surface area contributed by atoms with Crippen molar-refractivity contribution in [3.05, 3.63) is 6.33 Å². The van der Waals surface area contributed by atoms with Gasteiger partial charge in [-0.1, -0.05) is 0 Å². The predicted octanol–water partition coefficient (Wildman–Crippen LogP) is 3.24. The Morgan fingerprint density at radius 1 is 1.00 bits per heavy atom. The maximum Gasteiger partial charge on any atom is 0.208 e. The number of aromatic nitrogens is 4. The summed E-state index contributed by atoms with van der Waals surface area (Å²) < 4.78 is 7.83. The molecule has 2 aliphatic heterocycles. The average molecular weight is 473 g/mol. The molecule has 0 spiro atoms. The van der Waals surface area contributed by atoms with Crippen LogP contribution < -0.4 is 10.2 Å². The minimum absolute atomic E-state index is 0.275. The van der Waals surface area contributed by atoms with Crippen molar-refractivity contribution >= 4 is 22.9 Å². The molecule has 2 aromatic heterocycles. The highest BCUT2D eigenvalue weighted by Gasteiger charge is 2.29. The van der Waals surface area contributed by atoms with Crippen LogP contribution in [0.4, 0.5) is 11.8 Å². The molecule has 0 unspecified atom stereocenters. The molecule has 9 heteroatoms. The van der Waals surface area contributed by atoms with Crippen LogP contribution in [0.25, 0.3) is 11.2 Å². The first kappa shape index (κ1) is 25.1. The zero-order valence-electron chi connectivity index (χ0n) is 22.0. The van der Waals surface area contributed by atoms with Gasteiger partial charge in [-0.25, -0.2) is 15.0 Å². The van der Waals surface area contributed by atoms with Gasteiger partial charge < -0.3 is 15.0 Å². The monoisotopic (exact) mass is 472 g/mol. The fourth-order valence-corrected chi connectivity index (χ4v) is 5.51. The highest BCUT2D eigenvalue weighted by Crippen LogP contribution is 2.31. The van der Waals surface area contributed by atoms with Gasteiger partial charge in [0.15, 0.2) is 17.0 Å². The quantitative estimate of drug-likeness (QED) is 0.596. The molecular weight excluding hydrogens is 428 g/mol. The number of rotatable bonds is 9. The molecule has 2 aliphatic rings. The van der Waals surface area contributed by atoms with Gasteiger partial charge in [0.2, 0.25) is 5.95 Å². The first-order valence-corrected chi connectivity index (χ1v) is 13.2. The summed E-state index contributed by atoms with van der Waals surface area (Å²) in [5.41, 5.74) is 1.80. The Balaban J connectivity index is 1.50. The molecule has 34 heavy (non-hydrogen) atoms. The predicted molar refractivity (Wildman–Crippen MR) is 139 cm³/mol. The van der Waals surface area contributed by atoms with Crippen molar-refractivity contribution < 1.29 is 4.74 Å². The summed E-state index contributed by atoms with van der Waals surface area (Å²) in [5, 5.41) is 3.55. The van der Waals surface area contributed by atoms with Crippen LogP contribution in [0.5, 0.6) is 0 Å². The van der Waals surface area contributed by atoms with Gasteiger partial charge in [-0.15, -0.1) is 0 Å². The minimum atomic E-state index is 0.275. The van der Waals surface area contributed by atoms with Crippen LogP contribution in [0, 0.1) is 0 Å². The molecule has 4 rings (SSSR count). The Hall–Kier alpha value is -1.97. The van der Waals surface area contributed by atoms with Crippen LogP contribution in [0.2, 0.25) is 0 Å². The molecule has 190 valence electrons. The second-order valence-electron chi connectivity index (χ2n) is 10.5. The van der Waals surface area contributed by atoms with Crippen molar-refractivity contribution in [1.29, 1.82) is 0 Å². The average Bonchev–Trinajstić information content (AvgIpc) is 3.23. The largest absolute Gasteiger partial charge is 0.379 e. The lowest BCUT2D eigenvalue weighted by Gasteiger charge is -2.40. The van der Waals surface area contributed by atoms with Gasteiger partial charge >= 0.3 is 0 Å². The summed E-state index contributed by atoms with van der Waals surface area (Å²) in [6.45, 7) is 21.1. The zero-order chi connectivity index (χ0) is 24.2. The van der Waals surface area contributed by atoms with Crippen LogP contribution in [-0.4, -0.2) is 99.9 Å². The van der Waals surface area contributed by atoms with E-state index in [0.717, 1.165) is 75.4 Å². The van der Waals surface area contributed by atoms with Crippen molar-refractivity contribution in [2.75, 3.05) is 62.7 Å². The normalized spacial score (nSPS) is 18.8. The lowest BCUT2D eigenvalue weighted by atomic mass is 10.0. The van der Waals surface area contributed by atoms with E-state index in [1.807, 2.05) is 0 Å². The van der Waals surface area contributed by atoms with Crippen molar-refractivity contribution in [3.63, 3.8) is 0 Å². The highest BCUT2D eigenvalue weighted by atomic mass is 16.5. The number of anilines is 2. The summed E-state index contributed by atoms with van der Waals surface area (Å²) in [4.78, 5) is 21.9. The van der Waals surface area contributed by atoms with Gasteiger partial charge in [0.05, 0.1) is 13.2 Å². The summed E-state index contributed by atoms with van der Waals surface area (Å²) in [7, 11) is 0. The number of nitrogens with zero attached hydrogens (tertiary/aromatic N) is 7. The standard InChI is InChI=1S/C25H44N8O/c1-18(2)32(19(3)4)12-9-26-23-22-24(28-17-27-23)33(20(5)6)25(29-22)31-10-7-21(8-11-31)30-13-15-34-16-14-30/h17-21H,7-16H2,1-6H3,(H,26,27,28). The third-order valence-corrected chi connectivity index (χ3v) is 7.27. The second-order valence-corrected chi connectivity index (χ2v) is 10.5. The van der Waals surface area contributed by atoms with Crippen LogP contribution in [0.15, 0.2) is 6.33 Å². The third-order valence-electron chi connectivity index (χ3n) is 7.27. The van der Waals surface area contributed by atoms with Gasteiger partial charge in [-0.3, -0.25) is 14.4 Å². The van der Waals surface area contributed by atoms with E-state index in [0.29, 0.717) is 18.1 Å². The van der Waals surface area contributed by atoms with Gasteiger partial charge in [-0.2, -0.15) is 0 Å². The van der Waals surface area contributed by atoms with E-state index in [-0.39, 0.29) is 6.04 Å². The SMILES string of the molecule is CC(C)N(CCNc1ncnc2c1nc(N1CCC(N3CCOCC3)CC1)n2C(C)C)C(C)C. The van der Waals surface area contributed by atoms with Gasteiger partial charge in [-0.05, 0) is 54.4 Å². The lowest BCUT2D eigenvalue weighted by Crippen LogP contribution is -2.49. The molecule has 9 nitrogen and oxygen atoms in total. The summed E-state index contributed by atoms with van der Waals surface area (Å²) in [6.07, 6.45) is 4.00. The van der Waals surface area contributed by atoms with Gasteiger partial charge in [0, 0.05) is 63.4 Å². The fraction of sp³-hybridized carbons (Fsp3) is 0.800. The molecular formula is C25H44N8O. The maximum atomic E-state index is 5.55. The minimum Gasteiger partial charge on any atom is -0.379 e. The van der Waals surface area contributed by atoms with Crippen LogP contribution in [0.3, 0.4) is 0 Å². The Kier molecular flexibility index (Phi) is 8.26. The van der Waals surface area contributed by atoms with E-state index < -0.39 is 0 Å². The van der Waals surface area contributed by atoms with Crippen molar-refractivity contribution in [1.82, 2.24) is 29.3 Å². The molecule has 0 aromatic carbocycles. The first-order chi connectivity index (χ1) is 16.4.